The monoisotopic (exact) mass is 278 g/mol. The number of hydrogen-bond donors (Lipinski definition) is 1. The second-order valence-corrected chi connectivity index (χ2v) is 4.61. The summed E-state index contributed by atoms with van der Waals surface area (Å²) in [6.45, 7) is 0.517. The van der Waals surface area contributed by atoms with Gasteiger partial charge in [-0.3, -0.25) is 4.79 Å². The van der Waals surface area contributed by atoms with Crippen LogP contribution in [-0.4, -0.2) is 10.2 Å². The topological polar surface area (TPSA) is 55.0 Å². The molecule has 0 fully saturated rings. The average molecular weight is 278 g/mol. The summed E-state index contributed by atoms with van der Waals surface area (Å²) in [5.41, 5.74) is 2.51. The Morgan fingerprint density at radius 3 is 2.57 bits per heavy atom. The molecule has 0 radical (unpaired) electrons. The van der Waals surface area contributed by atoms with Gasteiger partial charge in [0.05, 0.1) is 5.69 Å². The lowest BCUT2D eigenvalue weighted by Gasteiger charge is -2.07. The summed E-state index contributed by atoms with van der Waals surface area (Å²) in [6.07, 6.45) is 0. The van der Waals surface area contributed by atoms with Crippen LogP contribution in [0.4, 0.5) is 0 Å². The molecule has 0 aliphatic carbocycles. The summed E-state index contributed by atoms with van der Waals surface area (Å²) in [5, 5.41) is 6.44. The molecule has 1 N–H and O–H groups in total. The van der Waals surface area contributed by atoms with E-state index in [2.05, 4.69) is 10.2 Å². The predicted octanol–water partition coefficient (Wildman–Crippen LogP) is 3.02. The number of nitrogens with zero attached hydrogens (tertiary/aromatic N) is 1. The van der Waals surface area contributed by atoms with Gasteiger partial charge >= 0.3 is 0 Å². The molecule has 1 heterocycles. The number of nitrogens with one attached hydrogen (secondary N) is 1. The molecule has 0 atom stereocenters. The lowest BCUT2D eigenvalue weighted by molar-refractivity contribution is 0.306. The molecule has 0 spiro atoms. The van der Waals surface area contributed by atoms with Crippen LogP contribution < -0.4 is 10.3 Å². The first-order valence-corrected chi connectivity index (χ1v) is 6.64. The van der Waals surface area contributed by atoms with Crippen LogP contribution in [0.5, 0.6) is 5.75 Å². The van der Waals surface area contributed by atoms with E-state index in [-0.39, 0.29) is 5.56 Å². The lowest BCUT2D eigenvalue weighted by atomic mass is 10.1. The van der Waals surface area contributed by atoms with Gasteiger partial charge in [-0.2, -0.15) is 5.10 Å². The SMILES string of the molecule is O=c1ccc(-c2cccc(OCc3ccccc3)c2)n[nH]1. The predicted molar refractivity (Wildman–Crippen MR) is 81.1 cm³/mol. The molecule has 0 unspecified atom stereocenters. The minimum atomic E-state index is -0.213. The number of benzene rings is 2. The van der Waals surface area contributed by atoms with Gasteiger partial charge in [0, 0.05) is 11.6 Å². The van der Waals surface area contributed by atoms with E-state index in [0.29, 0.717) is 12.3 Å². The van der Waals surface area contributed by atoms with Crippen LogP contribution in [0.3, 0.4) is 0 Å². The first kappa shape index (κ1) is 13.1. The Morgan fingerprint density at radius 1 is 0.952 bits per heavy atom. The molecule has 0 bridgehead atoms. The highest BCUT2D eigenvalue weighted by Crippen LogP contribution is 2.22. The van der Waals surface area contributed by atoms with Crippen LogP contribution in [0.1, 0.15) is 5.56 Å². The molecule has 0 saturated carbocycles. The minimum absolute atomic E-state index is 0.213. The average Bonchev–Trinajstić information content (AvgIpc) is 2.55. The number of hydrogen-bond acceptors (Lipinski definition) is 3. The quantitative estimate of drug-likeness (QED) is 0.798. The van der Waals surface area contributed by atoms with E-state index in [9.17, 15) is 4.79 Å². The molecule has 2 aromatic carbocycles. The summed E-state index contributed by atoms with van der Waals surface area (Å²) < 4.78 is 5.78. The number of aromatic amines is 1. The van der Waals surface area contributed by atoms with Crippen molar-refractivity contribution in [3.63, 3.8) is 0 Å². The number of aromatic nitrogens is 2. The van der Waals surface area contributed by atoms with Gasteiger partial charge in [0.2, 0.25) is 0 Å². The fourth-order valence-electron chi connectivity index (χ4n) is 1.99. The Labute approximate surface area is 122 Å². The van der Waals surface area contributed by atoms with Gasteiger partial charge < -0.3 is 4.74 Å². The molecule has 0 aliphatic heterocycles. The van der Waals surface area contributed by atoms with Crippen molar-refractivity contribution < 1.29 is 4.74 Å². The van der Waals surface area contributed by atoms with E-state index in [0.717, 1.165) is 16.9 Å². The van der Waals surface area contributed by atoms with Gasteiger partial charge in [-0.25, -0.2) is 5.10 Å². The van der Waals surface area contributed by atoms with Crippen molar-refractivity contribution in [1.29, 1.82) is 0 Å². The second kappa shape index (κ2) is 6.05. The fourth-order valence-corrected chi connectivity index (χ4v) is 1.99. The third-order valence-electron chi connectivity index (χ3n) is 3.06. The Bertz CT molecular complexity index is 762. The smallest absolute Gasteiger partial charge is 0.264 e. The van der Waals surface area contributed by atoms with E-state index >= 15 is 0 Å². The maximum Gasteiger partial charge on any atom is 0.264 e. The summed E-state index contributed by atoms with van der Waals surface area (Å²) in [7, 11) is 0. The summed E-state index contributed by atoms with van der Waals surface area (Å²) in [6, 6.07) is 20.8. The molecule has 4 nitrogen and oxygen atoms in total. The zero-order valence-electron chi connectivity index (χ0n) is 11.3. The molecule has 0 amide bonds. The maximum atomic E-state index is 11.0. The molecule has 3 rings (SSSR count). The molecular weight excluding hydrogens is 264 g/mol. The molecular formula is C17H14N2O2. The van der Waals surface area contributed by atoms with Crippen molar-refractivity contribution in [3.05, 3.63) is 82.6 Å². The van der Waals surface area contributed by atoms with Gasteiger partial charge in [-0.15, -0.1) is 0 Å². The highest BCUT2D eigenvalue weighted by Gasteiger charge is 2.02. The van der Waals surface area contributed by atoms with E-state index in [1.807, 2.05) is 54.6 Å². The third-order valence-corrected chi connectivity index (χ3v) is 3.06. The van der Waals surface area contributed by atoms with Gasteiger partial charge in [-0.1, -0.05) is 42.5 Å². The summed E-state index contributed by atoms with van der Waals surface area (Å²) in [5.74, 6) is 0.768. The summed E-state index contributed by atoms with van der Waals surface area (Å²) in [4.78, 5) is 11.0. The van der Waals surface area contributed by atoms with Crippen molar-refractivity contribution in [2.45, 2.75) is 6.61 Å². The zero-order valence-corrected chi connectivity index (χ0v) is 11.3. The van der Waals surface area contributed by atoms with E-state index in [1.165, 1.54) is 6.07 Å². The van der Waals surface area contributed by atoms with Crippen molar-refractivity contribution in [2.75, 3.05) is 0 Å². The van der Waals surface area contributed by atoms with Gasteiger partial charge in [0.15, 0.2) is 0 Å². The molecule has 21 heavy (non-hydrogen) atoms. The first-order valence-electron chi connectivity index (χ1n) is 6.64. The molecule has 0 aliphatic rings. The van der Waals surface area contributed by atoms with Crippen molar-refractivity contribution >= 4 is 0 Å². The molecule has 104 valence electrons. The number of H-pyrrole nitrogens is 1. The standard InChI is InChI=1S/C17H14N2O2/c20-17-10-9-16(18-19-17)14-7-4-8-15(11-14)21-12-13-5-2-1-3-6-13/h1-11H,12H2,(H,19,20). The first-order chi connectivity index (χ1) is 10.3. The molecule has 0 saturated heterocycles. The Kier molecular flexibility index (Phi) is 3.78. The molecule has 3 aromatic rings. The Hall–Kier alpha value is -2.88. The van der Waals surface area contributed by atoms with Crippen molar-refractivity contribution in [3.8, 4) is 17.0 Å². The number of rotatable bonds is 4. The highest BCUT2D eigenvalue weighted by atomic mass is 16.5. The van der Waals surface area contributed by atoms with Crippen molar-refractivity contribution in [1.82, 2.24) is 10.2 Å². The zero-order chi connectivity index (χ0) is 14.5. The van der Waals surface area contributed by atoms with Gasteiger partial charge in [-0.05, 0) is 23.8 Å². The lowest BCUT2D eigenvalue weighted by Crippen LogP contribution is -2.05. The van der Waals surface area contributed by atoms with E-state index < -0.39 is 0 Å². The van der Waals surface area contributed by atoms with Crippen LogP contribution in [0, 0.1) is 0 Å². The van der Waals surface area contributed by atoms with Crippen LogP contribution in [0.25, 0.3) is 11.3 Å². The fraction of sp³-hybridized carbons (Fsp3) is 0.0588. The summed E-state index contributed by atoms with van der Waals surface area (Å²) >= 11 is 0. The highest BCUT2D eigenvalue weighted by molar-refractivity contribution is 5.60. The van der Waals surface area contributed by atoms with Crippen LogP contribution >= 0.6 is 0 Å². The van der Waals surface area contributed by atoms with Gasteiger partial charge in [0.1, 0.15) is 12.4 Å². The second-order valence-electron chi connectivity index (χ2n) is 4.61. The van der Waals surface area contributed by atoms with E-state index in [4.69, 9.17) is 4.74 Å². The maximum absolute atomic E-state index is 11.0. The van der Waals surface area contributed by atoms with Crippen LogP contribution in [-0.2, 0) is 6.61 Å². The molecule has 4 heteroatoms. The Morgan fingerprint density at radius 2 is 1.81 bits per heavy atom. The third kappa shape index (κ3) is 3.36. The van der Waals surface area contributed by atoms with Crippen LogP contribution in [0.2, 0.25) is 0 Å². The molecule has 1 aromatic heterocycles. The van der Waals surface area contributed by atoms with Crippen molar-refractivity contribution in [2.24, 2.45) is 0 Å². The van der Waals surface area contributed by atoms with E-state index in [1.54, 1.807) is 6.07 Å². The van der Waals surface area contributed by atoms with Crippen LogP contribution in [0.15, 0.2) is 71.5 Å². The Balaban J connectivity index is 1.77. The minimum Gasteiger partial charge on any atom is -0.489 e. The normalized spacial score (nSPS) is 10.3. The number of ether oxygens (including phenoxy) is 1. The van der Waals surface area contributed by atoms with Gasteiger partial charge in [0.25, 0.3) is 5.56 Å². The largest absolute Gasteiger partial charge is 0.489 e.